The maximum absolute atomic E-state index is 12.3. The van der Waals surface area contributed by atoms with Gasteiger partial charge in [-0.25, -0.2) is 4.98 Å². The monoisotopic (exact) mass is 314 g/mol. The van der Waals surface area contributed by atoms with Gasteiger partial charge in [-0.2, -0.15) is 0 Å². The first-order chi connectivity index (χ1) is 9.00. The molecule has 0 saturated carbocycles. The fourth-order valence-corrected chi connectivity index (χ4v) is 2.73. The second-order valence-corrected chi connectivity index (χ2v) is 5.85. The van der Waals surface area contributed by atoms with E-state index in [2.05, 4.69) is 4.98 Å². The van der Waals surface area contributed by atoms with Gasteiger partial charge in [0.1, 0.15) is 5.15 Å². The van der Waals surface area contributed by atoms with E-state index in [4.69, 9.17) is 23.2 Å². The molecule has 2 rings (SSSR count). The van der Waals surface area contributed by atoms with Crippen LogP contribution in [0.2, 0.25) is 10.2 Å². The van der Waals surface area contributed by atoms with Crippen LogP contribution in [0.25, 0.3) is 0 Å². The summed E-state index contributed by atoms with van der Waals surface area (Å²) in [6, 6.07) is 5.51. The number of hydrogen-bond acceptors (Lipinski definition) is 3. The van der Waals surface area contributed by atoms with Crippen molar-refractivity contribution in [2.75, 3.05) is 7.05 Å². The lowest BCUT2D eigenvalue weighted by Crippen LogP contribution is -2.29. The van der Waals surface area contributed by atoms with Crippen molar-refractivity contribution in [1.29, 1.82) is 0 Å². The number of hydrogen-bond donors (Lipinski definition) is 0. The number of nitrogens with zero attached hydrogens (tertiary/aromatic N) is 2. The summed E-state index contributed by atoms with van der Waals surface area (Å²) in [5.74, 6) is -0.132. The summed E-state index contributed by atoms with van der Waals surface area (Å²) in [7, 11) is 1.76. The molecule has 0 fully saturated rings. The molecule has 100 valence electrons. The largest absolute Gasteiger partial charge is 0.334 e. The Kier molecular flexibility index (Phi) is 4.45. The van der Waals surface area contributed by atoms with Crippen molar-refractivity contribution in [3.8, 4) is 0 Å². The molecule has 0 aliphatic carbocycles. The molecule has 1 unspecified atom stereocenters. The van der Waals surface area contributed by atoms with Crippen LogP contribution in [0.5, 0.6) is 0 Å². The second kappa shape index (κ2) is 5.90. The summed E-state index contributed by atoms with van der Waals surface area (Å²) < 4.78 is 0. The van der Waals surface area contributed by atoms with Crippen LogP contribution in [0.15, 0.2) is 29.8 Å². The number of amides is 1. The first kappa shape index (κ1) is 14.3. The molecule has 0 aliphatic rings. The summed E-state index contributed by atoms with van der Waals surface area (Å²) in [4.78, 5) is 19.0. The highest BCUT2D eigenvalue weighted by Crippen LogP contribution is 2.26. The van der Waals surface area contributed by atoms with Gasteiger partial charge in [0.15, 0.2) is 0 Å². The Morgan fingerprint density at radius 1 is 1.47 bits per heavy atom. The van der Waals surface area contributed by atoms with Crippen LogP contribution in [0.3, 0.4) is 0 Å². The molecule has 0 saturated heterocycles. The smallest absolute Gasteiger partial charge is 0.255 e. The van der Waals surface area contributed by atoms with Gasteiger partial charge in [-0.1, -0.05) is 29.3 Å². The van der Waals surface area contributed by atoms with Gasteiger partial charge >= 0.3 is 0 Å². The molecule has 3 nitrogen and oxygen atoms in total. The molecule has 6 heteroatoms. The molecule has 1 atom stereocenters. The highest BCUT2D eigenvalue weighted by molar-refractivity contribution is 7.10. The SMILES string of the molecule is CC(c1cccs1)N(C)C(=O)c1cnc(Cl)c(Cl)c1. The van der Waals surface area contributed by atoms with Crippen LogP contribution in [-0.2, 0) is 0 Å². The van der Waals surface area contributed by atoms with Gasteiger partial charge < -0.3 is 4.90 Å². The van der Waals surface area contributed by atoms with Gasteiger partial charge in [0.05, 0.1) is 16.6 Å². The molecular weight excluding hydrogens is 303 g/mol. The predicted molar refractivity (Wildman–Crippen MR) is 79.1 cm³/mol. The van der Waals surface area contributed by atoms with Crippen molar-refractivity contribution >= 4 is 40.4 Å². The molecule has 2 aromatic rings. The first-order valence-electron chi connectivity index (χ1n) is 5.62. The highest BCUT2D eigenvalue weighted by Gasteiger charge is 2.20. The van der Waals surface area contributed by atoms with Gasteiger partial charge in [0.25, 0.3) is 5.91 Å². The van der Waals surface area contributed by atoms with Crippen LogP contribution in [-0.4, -0.2) is 22.8 Å². The Hall–Kier alpha value is -1.10. The van der Waals surface area contributed by atoms with Crippen LogP contribution < -0.4 is 0 Å². The topological polar surface area (TPSA) is 33.2 Å². The van der Waals surface area contributed by atoms with E-state index in [1.54, 1.807) is 23.3 Å². The molecule has 2 aromatic heterocycles. The van der Waals surface area contributed by atoms with Crippen molar-refractivity contribution in [2.45, 2.75) is 13.0 Å². The summed E-state index contributed by atoms with van der Waals surface area (Å²) in [6.07, 6.45) is 1.44. The molecule has 0 aromatic carbocycles. The second-order valence-electron chi connectivity index (χ2n) is 4.10. The molecule has 0 radical (unpaired) electrons. The third kappa shape index (κ3) is 3.08. The van der Waals surface area contributed by atoms with Gasteiger partial charge in [-0.3, -0.25) is 4.79 Å². The van der Waals surface area contributed by atoms with Crippen LogP contribution in [0, 0.1) is 0 Å². The van der Waals surface area contributed by atoms with Crippen molar-refractivity contribution in [3.05, 3.63) is 50.4 Å². The fraction of sp³-hybridized carbons (Fsp3) is 0.231. The lowest BCUT2D eigenvalue weighted by atomic mass is 10.2. The summed E-state index contributed by atoms with van der Waals surface area (Å²) in [5.41, 5.74) is 0.431. The van der Waals surface area contributed by atoms with Gasteiger partial charge in [0, 0.05) is 18.1 Å². The van der Waals surface area contributed by atoms with E-state index in [0.717, 1.165) is 4.88 Å². The number of carbonyl (C=O) groups excluding carboxylic acids is 1. The highest BCUT2D eigenvalue weighted by atomic mass is 35.5. The Morgan fingerprint density at radius 2 is 2.21 bits per heavy atom. The molecule has 1 amide bonds. The van der Waals surface area contributed by atoms with E-state index in [-0.39, 0.29) is 22.1 Å². The van der Waals surface area contributed by atoms with E-state index in [9.17, 15) is 4.79 Å². The van der Waals surface area contributed by atoms with Crippen LogP contribution in [0.1, 0.15) is 28.2 Å². The standard InChI is InChI=1S/C13H12Cl2N2OS/c1-8(11-4-3-5-19-11)17(2)13(18)9-6-10(14)12(15)16-7-9/h3-8H,1-2H3. The zero-order valence-electron chi connectivity index (χ0n) is 10.4. The lowest BCUT2D eigenvalue weighted by Gasteiger charge is -2.24. The molecule has 0 spiro atoms. The van der Waals surface area contributed by atoms with Crippen LogP contribution >= 0.6 is 34.5 Å². The maximum atomic E-state index is 12.3. The zero-order valence-corrected chi connectivity index (χ0v) is 12.8. The van der Waals surface area contributed by atoms with E-state index in [1.165, 1.54) is 12.3 Å². The number of carbonyl (C=O) groups is 1. The van der Waals surface area contributed by atoms with E-state index in [1.807, 2.05) is 24.4 Å². The van der Waals surface area contributed by atoms with Crippen molar-refractivity contribution < 1.29 is 4.79 Å². The molecule has 19 heavy (non-hydrogen) atoms. The lowest BCUT2D eigenvalue weighted by molar-refractivity contribution is 0.0744. The maximum Gasteiger partial charge on any atom is 0.255 e. The zero-order chi connectivity index (χ0) is 14.0. The normalized spacial score (nSPS) is 12.2. The number of pyridine rings is 1. The number of thiophene rings is 1. The summed E-state index contributed by atoms with van der Waals surface area (Å²) >= 11 is 13.2. The third-order valence-electron chi connectivity index (χ3n) is 2.90. The summed E-state index contributed by atoms with van der Waals surface area (Å²) in [5, 5.41) is 2.47. The number of rotatable bonds is 3. The minimum atomic E-state index is -0.132. The molecule has 0 aliphatic heterocycles. The quantitative estimate of drug-likeness (QED) is 0.792. The van der Waals surface area contributed by atoms with Gasteiger partial charge in [-0.15, -0.1) is 11.3 Å². The molecule has 0 N–H and O–H groups in total. The minimum Gasteiger partial charge on any atom is -0.334 e. The fourth-order valence-electron chi connectivity index (χ4n) is 1.64. The van der Waals surface area contributed by atoms with E-state index in [0.29, 0.717) is 5.56 Å². The molecular formula is C13H12Cl2N2OS. The minimum absolute atomic E-state index is 0.00181. The predicted octanol–water partition coefficient (Wildman–Crippen LogP) is 4.28. The number of halogens is 2. The molecule has 0 bridgehead atoms. The Bertz CT molecular complexity index is 586. The van der Waals surface area contributed by atoms with Crippen molar-refractivity contribution in [2.24, 2.45) is 0 Å². The number of aromatic nitrogens is 1. The average molecular weight is 315 g/mol. The Morgan fingerprint density at radius 3 is 2.79 bits per heavy atom. The third-order valence-corrected chi connectivity index (χ3v) is 4.63. The van der Waals surface area contributed by atoms with Crippen molar-refractivity contribution in [3.63, 3.8) is 0 Å². The Labute approximate surface area is 125 Å². The van der Waals surface area contributed by atoms with Gasteiger partial charge in [0.2, 0.25) is 0 Å². The average Bonchev–Trinajstić information content (AvgIpc) is 2.93. The van der Waals surface area contributed by atoms with Gasteiger partial charge in [-0.05, 0) is 24.4 Å². The van der Waals surface area contributed by atoms with E-state index < -0.39 is 0 Å². The van der Waals surface area contributed by atoms with E-state index >= 15 is 0 Å². The molecule has 2 heterocycles. The Balaban J connectivity index is 2.21. The summed E-state index contributed by atoms with van der Waals surface area (Å²) in [6.45, 7) is 1.98. The first-order valence-corrected chi connectivity index (χ1v) is 7.26. The van der Waals surface area contributed by atoms with Crippen molar-refractivity contribution in [1.82, 2.24) is 9.88 Å². The van der Waals surface area contributed by atoms with Crippen LogP contribution in [0.4, 0.5) is 0 Å².